The number of aromatic nitrogens is 2. The Kier molecular flexibility index (Phi) is 3.75. The van der Waals surface area contributed by atoms with Crippen LogP contribution in [-0.2, 0) is 7.05 Å². The van der Waals surface area contributed by atoms with Gasteiger partial charge in [0.25, 0.3) is 5.91 Å². The summed E-state index contributed by atoms with van der Waals surface area (Å²) in [5, 5.41) is 14.8. The summed E-state index contributed by atoms with van der Waals surface area (Å²) in [5.41, 5.74) is 1.05. The lowest BCUT2D eigenvalue weighted by atomic mass is 10.1. The van der Waals surface area contributed by atoms with Crippen LogP contribution in [0.3, 0.4) is 0 Å². The molecule has 0 aromatic carbocycles. The number of amides is 1. The first-order valence-corrected chi connectivity index (χ1v) is 8.19. The number of aryl methyl sites for hydroxylation is 1. The average Bonchev–Trinajstić information content (AvgIpc) is 3.14. The largest absolute Gasteiger partial charge is 0.396 e. The van der Waals surface area contributed by atoms with Crippen molar-refractivity contribution in [2.24, 2.45) is 13.0 Å². The number of aliphatic hydroxyl groups excluding tert-OH is 1. The molecular formula is C15H21N3O2S. The van der Waals surface area contributed by atoms with E-state index in [1.807, 2.05) is 22.7 Å². The van der Waals surface area contributed by atoms with Crippen molar-refractivity contribution in [1.82, 2.24) is 14.7 Å². The zero-order valence-corrected chi connectivity index (χ0v) is 13.5. The summed E-state index contributed by atoms with van der Waals surface area (Å²) in [5.74, 6) is 0.662. The molecule has 0 radical (unpaired) electrons. The first kappa shape index (κ1) is 14.5. The van der Waals surface area contributed by atoms with Crippen LogP contribution in [0.25, 0.3) is 10.2 Å². The number of rotatable bonds is 3. The molecule has 1 aliphatic heterocycles. The van der Waals surface area contributed by atoms with Crippen molar-refractivity contribution in [2.75, 3.05) is 19.7 Å². The molecule has 1 amide bonds. The molecule has 21 heavy (non-hydrogen) atoms. The molecule has 2 aromatic rings. The number of aliphatic hydroxyl groups is 1. The lowest BCUT2D eigenvalue weighted by Gasteiger charge is -2.14. The summed E-state index contributed by atoms with van der Waals surface area (Å²) < 4.78 is 1.87. The fraction of sp³-hybridized carbons (Fsp3) is 0.600. The molecule has 3 rings (SSSR count). The van der Waals surface area contributed by atoms with E-state index < -0.39 is 0 Å². The molecule has 0 saturated carbocycles. The van der Waals surface area contributed by atoms with Gasteiger partial charge in [-0.2, -0.15) is 5.10 Å². The Labute approximate surface area is 128 Å². The summed E-state index contributed by atoms with van der Waals surface area (Å²) in [4.78, 5) is 16.3. The zero-order chi connectivity index (χ0) is 15.1. The lowest BCUT2D eigenvalue weighted by Crippen LogP contribution is -2.28. The van der Waals surface area contributed by atoms with Crippen LogP contribution in [-0.4, -0.2) is 45.4 Å². The molecule has 2 aromatic heterocycles. The minimum Gasteiger partial charge on any atom is -0.396 e. The topological polar surface area (TPSA) is 58.4 Å². The van der Waals surface area contributed by atoms with Gasteiger partial charge in [-0.15, -0.1) is 11.3 Å². The Morgan fingerprint density at radius 1 is 1.57 bits per heavy atom. The normalized spacial score (nSPS) is 19.1. The molecule has 114 valence electrons. The van der Waals surface area contributed by atoms with E-state index in [1.54, 1.807) is 0 Å². The van der Waals surface area contributed by atoms with Crippen LogP contribution in [0.2, 0.25) is 0 Å². The van der Waals surface area contributed by atoms with Gasteiger partial charge in [-0.1, -0.05) is 13.8 Å². The van der Waals surface area contributed by atoms with Crippen molar-refractivity contribution in [3.05, 3.63) is 16.6 Å². The van der Waals surface area contributed by atoms with Gasteiger partial charge in [0.15, 0.2) is 0 Å². The number of thiophene rings is 1. The van der Waals surface area contributed by atoms with Gasteiger partial charge in [0, 0.05) is 38.0 Å². The Hall–Kier alpha value is -1.40. The molecule has 0 spiro atoms. The third-order valence-electron chi connectivity index (χ3n) is 4.13. The second-order valence-electron chi connectivity index (χ2n) is 6.08. The fourth-order valence-corrected chi connectivity index (χ4v) is 3.97. The SMILES string of the molecule is CC(C)c1nn(C)c2sc(C(=O)N3CCC(CO)C3)cc12. The van der Waals surface area contributed by atoms with Crippen LogP contribution < -0.4 is 0 Å². The smallest absolute Gasteiger partial charge is 0.264 e. The van der Waals surface area contributed by atoms with Gasteiger partial charge in [0.1, 0.15) is 4.83 Å². The minimum atomic E-state index is 0.0851. The molecule has 0 bridgehead atoms. The van der Waals surface area contributed by atoms with E-state index in [4.69, 9.17) is 0 Å². The highest BCUT2D eigenvalue weighted by molar-refractivity contribution is 7.20. The number of fused-ring (bicyclic) bond motifs is 1. The Balaban J connectivity index is 1.91. The zero-order valence-electron chi connectivity index (χ0n) is 12.7. The molecule has 3 heterocycles. The Morgan fingerprint density at radius 3 is 2.95 bits per heavy atom. The predicted molar refractivity (Wildman–Crippen MR) is 83.8 cm³/mol. The van der Waals surface area contributed by atoms with Gasteiger partial charge in [0.2, 0.25) is 0 Å². The molecule has 1 unspecified atom stereocenters. The van der Waals surface area contributed by atoms with Crippen LogP contribution in [0, 0.1) is 5.92 Å². The molecule has 1 atom stereocenters. The van der Waals surface area contributed by atoms with E-state index in [-0.39, 0.29) is 18.4 Å². The summed E-state index contributed by atoms with van der Waals surface area (Å²) in [6.07, 6.45) is 0.895. The highest BCUT2D eigenvalue weighted by atomic mass is 32.1. The number of carbonyl (C=O) groups is 1. The van der Waals surface area contributed by atoms with E-state index in [0.717, 1.165) is 33.8 Å². The molecular weight excluding hydrogens is 286 g/mol. The fourth-order valence-electron chi connectivity index (χ4n) is 2.92. The maximum absolute atomic E-state index is 12.6. The molecule has 1 saturated heterocycles. The van der Waals surface area contributed by atoms with E-state index >= 15 is 0 Å². The predicted octanol–water partition coefficient (Wildman–Crippen LogP) is 2.21. The summed E-state index contributed by atoms with van der Waals surface area (Å²) in [6.45, 7) is 5.81. The van der Waals surface area contributed by atoms with Crippen molar-refractivity contribution < 1.29 is 9.90 Å². The van der Waals surface area contributed by atoms with Crippen LogP contribution >= 0.6 is 11.3 Å². The molecule has 0 aliphatic carbocycles. The van der Waals surface area contributed by atoms with Crippen molar-refractivity contribution in [1.29, 1.82) is 0 Å². The minimum absolute atomic E-state index is 0.0851. The van der Waals surface area contributed by atoms with Crippen LogP contribution in [0.1, 0.15) is 41.6 Å². The second-order valence-corrected chi connectivity index (χ2v) is 7.11. The van der Waals surface area contributed by atoms with Crippen LogP contribution in [0.15, 0.2) is 6.07 Å². The first-order chi connectivity index (χ1) is 10.0. The number of likely N-dealkylation sites (tertiary alicyclic amines) is 1. The van der Waals surface area contributed by atoms with Crippen molar-refractivity contribution in [2.45, 2.75) is 26.2 Å². The van der Waals surface area contributed by atoms with Gasteiger partial charge in [-0.3, -0.25) is 9.48 Å². The second kappa shape index (κ2) is 5.42. The number of carbonyl (C=O) groups excluding carboxylic acids is 1. The molecule has 6 heteroatoms. The molecule has 5 nitrogen and oxygen atoms in total. The summed E-state index contributed by atoms with van der Waals surface area (Å²) >= 11 is 1.51. The average molecular weight is 307 g/mol. The number of nitrogens with zero attached hydrogens (tertiary/aromatic N) is 3. The van der Waals surface area contributed by atoms with E-state index in [0.29, 0.717) is 12.5 Å². The standard InChI is InChI=1S/C15H21N3O2S/c1-9(2)13-11-6-12(21-15(11)17(3)16-13)14(20)18-5-4-10(7-18)8-19/h6,9-10,19H,4-5,7-8H2,1-3H3. The monoisotopic (exact) mass is 307 g/mol. The third kappa shape index (κ3) is 2.46. The van der Waals surface area contributed by atoms with Crippen LogP contribution in [0.4, 0.5) is 0 Å². The highest BCUT2D eigenvalue weighted by Gasteiger charge is 2.28. The highest BCUT2D eigenvalue weighted by Crippen LogP contribution is 2.32. The summed E-state index contributed by atoms with van der Waals surface area (Å²) in [7, 11) is 1.93. The number of hydrogen-bond acceptors (Lipinski definition) is 4. The maximum atomic E-state index is 12.6. The van der Waals surface area contributed by atoms with Gasteiger partial charge in [-0.25, -0.2) is 0 Å². The van der Waals surface area contributed by atoms with Gasteiger partial charge >= 0.3 is 0 Å². The van der Waals surface area contributed by atoms with Crippen molar-refractivity contribution in [3.63, 3.8) is 0 Å². The summed E-state index contributed by atoms with van der Waals surface area (Å²) in [6, 6.07) is 1.98. The van der Waals surface area contributed by atoms with Gasteiger partial charge in [0.05, 0.1) is 10.6 Å². The van der Waals surface area contributed by atoms with Gasteiger partial charge < -0.3 is 10.0 Å². The van der Waals surface area contributed by atoms with Gasteiger partial charge in [-0.05, 0) is 18.4 Å². The van der Waals surface area contributed by atoms with E-state index in [2.05, 4.69) is 18.9 Å². The van der Waals surface area contributed by atoms with Crippen molar-refractivity contribution in [3.8, 4) is 0 Å². The van der Waals surface area contributed by atoms with E-state index in [1.165, 1.54) is 11.3 Å². The third-order valence-corrected chi connectivity index (χ3v) is 5.32. The lowest BCUT2D eigenvalue weighted by molar-refractivity contribution is 0.0786. The molecule has 1 N–H and O–H groups in total. The quantitative estimate of drug-likeness (QED) is 0.946. The maximum Gasteiger partial charge on any atom is 0.264 e. The molecule has 1 aliphatic rings. The Morgan fingerprint density at radius 2 is 2.33 bits per heavy atom. The Bertz CT molecular complexity index is 674. The molecule has 1 fully saturated rings. The first-order valence-electron chi connectivity index (χ1n) is 7.37. The van der Waals surface area contributed by atoms with E-state index in [9.17, 15) is 9.90 Å². The number of hydrogen-bond donors (Lipinski definition) is 1. The van der Waals surface area contributed by atoms with Crippen LogP contribution in [0.5, 0.6) is 0 Å². The van der Waals surface area contributed by atoms with Crippen molar-refractivity contribution >= 4 is 27.5 Å².